The second-order valence-electron chi connectivity index (χ2n) is 25.5. The molecule has 13 nitrogen and oxygen atoms in total. The number of carbonyl (C=O) groups excluding carboxylic acids is 1. The van der Waals surface area contributed by atoms with E-state index in [0.29, 0.717) is 35.0 Å². The van der Waals surface area contributed by atoms with Gasteiger partial charge in [-0.2, -0.15) is 0 Å². The molecule has 15 rings (SSSR count). The van der Waals surface area contributed by atoms with Gasteiger partial charge in [-0.05, 0) is 170 Å². The number of hydrogen-bond donors (Lipinski definition) is 6. The molecule has 0 saturated heterocycles. The number of imidazole rings is 3. The summed E-state index contributed by atoms with van der Waals surface area (Å²) in [6.45, 7) is 9.84. The molecular formula is C80H74N8O5S. The average Bonchev–Trinajstić information content (AvgIpc) is 1.61. The highest BCUT2D eigenvalue weighted by Gasteiger charge is 2.42. The molecule has 2 aliphatic rings. The summed E-state index contributed by atoms with van der Waals surface area (Å²) < 4.78 is 31.5. The van der Waals surface area contributed by atoms with Gasteiger partial charge in [0.25, 0.3) is 0 Å². The number of aryl methyl sites for hydroxylation is 2. The van der Waals surface area contributed by atoms with Crippen molar-refractivity contribution in [2.75, 3.05) is 16.3 Å². The first kappa shape index (κ1) is 62.2. The second-order valence-corrected chi connectivity index (χ2v) is 27.3. The van der Waals surface area contributed by atoms with E-state index in [-0.39, 0.29) is 6.61 Å². The minimum atomic E-state index is -3.38. The van der Waals surface area contributed by atoms with Crippen molar-refractivity contribution in [2.45, 2.75) is 83.3 Å². The van der Waals surface area contributed by atoms with Crippen LogP contribution in [0.3, 0.4) is 0 Å². The van der Waals surface area contributed by atoms with E-state index in [9.17, 15) is 18.3 Å². The zero-order valence-electron chi connectivity index (χ0n) is 53.4. The maximum absolute atomic E-state index is 12.3. The van der Waals surface area contributed by atoms with E-state index in [1.54, 1.807) is 12.1 Å². The van der Waals surface area contributed by atoms with Crippen molar-refractivity contribution < 1.29 is 23.1 Å². The number of carbonyl (C=O) groups is 1. The van der Waals surface area contributed by atoms with Gasteiger partial charge in [-0.3, -0.25) is 10.0 Å². The number of H-pyrrole nitrogens is 3. The van der Waals surface area contributed by atoms with E-state index < -0.39 is 21.7 Å². The van der Waals surface area contributed by atoms with Crippen LogP contribution in [-0.4, -0.2) is 61.4 Å². The molecule has 94 heavy (non-hydrogen) atoms. The molecule has 3 heterocycles. The third kappa shape index (κ3) is 14.8. The minimum Gasteiger partial charge on any atom is -0.444 e. The largest absolute Gasteiger partial charge is 0.444 e. The predicted molar refractivity (Wildman–Crippen MR) is 382 cm³/mol. The molecule has 4 unspecified atom stereocenters. The molecule has 14 heteroatoms. The first-order valence-corrected chi connectivity index (χ1v) is 33.6. The smallest absolute Gasteiger partial charge is 0.412 e. The summed E-state index contributed by atoms with van der Waals surface area (Å²) in [6.07, 6.45) is 6.95. The molecular weight excluding hydrogens is 1180 g/mol. The Kier molecular flexibility index (Phi) is 17.5. The van der Waals surface area contributed by atoms with Gasteiger partial charge in [-0.25, -0.2) is 28.2 Å². The maximum atomic E-state index is 12.3. The molecule has 3 aromatic heterocycles. The molecule has 0 radical (unpaired) electrons. The van der Waals surface area contributed by atoms with Crippen LogP contribution in [0.15, 0.2) is 231 Å². The van der Waals surface area contributed by atoms with Gasteiger partial charge in [-0.1, -0.05) is 199 Å². The Morgan fingerprint density at radius 3 is 1.49 bits per heavy atom. The van der Waals surface area contributed by atoms with E-state index in [2.05, 4.69) is 159 Å². The first-order chi connectivity index (χ1) is 45.4. The van der Waals surface area contributed by atoms with Gasteiger partial charge >= 0.3 is 6.09 Å². The molecule has 10 aromatic carbocycles. The summed E-state index contributed by atoms with van der Waals surface area (Å²) in [5.41, 5.74) is 22.1. The predicted octanol–water partition coefficient (Wildman–Crippen LogP) is 18.9. The van der Waals surface area contributed by atoms with E-state index in [4.69, 9.17) is 14.7 Å². The van der Waals surface area contributed by atoms with Crippen LogP contribution in [0.4, 0.5) is 16.2 Å². The van der Waals surface area contributed by atoms with E-state index in [1.807, 2.05) is 136 Å². The van der Waals surface area contributed by atoms with Gasteiger partial charge in [-0.15, -0.1) is 0 Å². The van der Waals surface area contributed by atoms with Gasteiger partial charge in [0.05, 0.1) is 57.3 Å². The molecule has 0 spiro atoms. The van der Waals surface area contributed by atoms with Crippen LogP contribution in [0, 0.1) is 13.8 Å². The third-order valence-electron chi connectivity index (χ3n) is 17.2. The SMILES string of the molecule is CS(=O)(=O)Nc1ccccc1-c1ccc2nc(/C=C/c3ccc(-c4ccccc4)cc3)[nH]c2c1.Cc1ccc(C2CC2c2nc3ccc(-c4ccccc4CO)cc3[nH]2)cc1.Cc1ccc(C2CC2c2nc3ccc(-c4ccccc4NC(=O)OC(C)(C)C)cc3[nH]2)cc1. The van der Waals surface area contributed by atoms with Crippen molar-refractivity contribution in [2.24, 2.45) is 0 Å². The number of aromatic nitrogens is 6. The lowest BCUT2D eigenvalue weighted by molar-refractivity contribution is 0.0636. The summed E-state index contributed by atoms with van der Waals surface area (Å²) in [7, 11) is -3.38. The fraction of sp³-hybridized carbons (Fsp3) is 0.175. The number of aliphatic hydroxyl groups is 1. The van der Waals surface area contributed by atoms with E-state index in [0.717, 1.165) is 114 Å². The van der Waals surface area contributed by atoms with E-state index in [1.165, 1.54) is 33.4 Å². The number of nitrogens with one attached hydrogen (secondary N) is 5. The Hall–Kier alpha value is -10.7. The summed E-state index contributed by atoms with van der Waals surface area (Å²) in [4.78, 5) is 37.1. The number of sulfonamides is 1. The van der Waals surface area contributed by atoms with Crippen LogP contribution >= 0.6 is 0 Å². The Labute approximate surface area is 548 Å². The molecule has 1 amide bonds. The van der Waals surface area contributed by atoms with Gasteiger partial charge in [0.1, 0.15) is 23.1 Å². The topological polar surface area (TPSA) is 191 Å². The minimum absolute atomic E-state index is 0.0444. The average molecular weight is 1260 g/mol. The van der Waals surface area contributed by atoms with Gasteiger partial charge in [0, 0.05) is 23.0 Å². The molecule has 2 aliphatic carbocycles. The molecule has 13 aromatic rings. The van der Waals surface area contributed by atoms with Crippen LogP contribution in [0.1, 0.15) is 108 Å². The van der Waals surface area contributed by atoms with Crippen molar-refractivity contribution >= 4 is 72.7 Å². The van der Waals surface area contributed by atoms with Crippen LogP contribution in [0.2, 0.25) is 0 Å². The number of rotatable bonds is 14. The Morgan fingerprint density at radius 1 is 0.511 bits per heavy atom. The van der Waals surface area contributed by atoms with Gasteiger partial charge in [0.2, 0.25) is 10.0 Å². The highest BCUT2D eigenvalue weighted by Crippen LogP contribution is 2.55. The number of aliphatic hydroxyl groups excluding tert-OH is 1. The maximum Gasteiger partial charge on any atom is 0.412 e. The fourth-order valence-electron chi connectivity index (χ4n) is 12.2. The molecule has 0 aliphatic heterocycles. The Bertz CT molecular complexity index is 5010. The zero-order valence-corrected chi connectivity index (χ0v) is 54.2. The quantitative estimate of drug-likeness (QED) is 0.0620. The van der Waals surface area contributed by atoms with Crippen LogP contribution < -0.4 is 10.0 Å². The van der Waals surface area contributed by atoms with Crippen LogP contribution in [0.25, 0.3) is 89.8 Å². The zero-order chi connectivity index (χ0) is 65.1. The molecule has 4 atom stereocenters. The summed E-state index contributed by atoms with van der Waals surface area (Å²) in [6, 6.07) is 77.8. The number of ether oxygens (including phenoxy) is 1. The Balaban J connectivity index is 0.000000129. The number of fused-ring (bicyclic) bond motifs is 3. The first-order valence-electron chi connectivity index (χ1n) is 31.8. The molecule has 6 N–H and O–H groups in total. The number of aromatic amines is 3. The second kappa shape index (κ2) is 26.5. The molecule has 0 bridgehead atoms. The van der Waals surface area contributed by atoms with Crippen molar-refractivity contribution in [1.82, 2.24) is 29.9 Å². The van der Waals surface area contributed by atoms with Crippen LogP contribution in [-0.2, 0) is 21.4 Å². The highest BCUT2D eigenvalue weighted by atomic mass is 32.2. The summed E-state index contributed by atoms with van der Waals surface area (Å²) in [5, 5.41) is 12.5. The number of para-hydroxylation sites is 2. The lowest BCUT2D eigenvalue weighted by Crippen LogP contribution is -2.27. The standard InChI is InChI=1S/C28H23N3O2S.C28H29N3O2.C24H22N2O/c1-34(32,33)31-25-10-6-5-9-24(25)23-16-17-26-27(19-23)30-28(29-26)18-13-20-11-14-22(15-12-20)21-7-3-2-4-8-21;1-17-9-11-18(12-10-17)21-16-22(21)26-29-24-14-13-19(15-25(24)30-26)20-7-5-6-8-23(20)31-27(32)33-28(2,3)4;1-15-6-8-16(9-7-15)20-13-21(20)24-25-22-11-10-17(12-23(22)26-24)19-5-3-2-4-18(19)14-27/h2-19,31H,1H3,(H,29,30);5-15,21-22H,16H2,1-4H3,(H,29,30)(H,31,32);2-12,20-21,27H,13-14H2,1H3,(H,25,26)/b18-13+;;. The summed E-state index contributed by atoms with van der Waals surface area (Å²) in [5.74, 6) is 4.90. The van der Waals surface area contributed by atoms with Crippen molar-refractivity contribution in [1.29, 1.82) is 0 Å². The van der Waals surface area contributed by atoms with Crippen molar-refractivity contribution in [3.05, 3.63) is 281 Å². The van der Waals surface area contributed by atoms with E-state index >= 15 is 0 Å². The normalized spacial score (nSPS) is 15.9. The number of anilines is 2. The molecule has 470 valence electrons. The van der Waals surface area contributed by atoms with Gasteiger partial charge in [0.15, 0.2) is 0 Å². The van der Waals surface area contributed by atoms with Crippen LogP contribution in [0.5, 0.6) is 0 Å². The number of amides is 1. The van der Waals surface area contributed by atoms with Gasteiger partial charge < -0.3 is 24.8 Å². The monoisotopic (exact) mass is 1260 g/mol. The highest BCUT2D eigenvalue weighted by molar-refractivity contribution is 7.92. The summed E-state index contributed by atoms with van der Waals surface area (Å²) >= 11 is 0. The Morgan fingerprint density at radius 2 is 0.957 bits per heavy atom. The lowest BCUT2D eigenvalue weighted by atomic mass is 10.00. The fourth-order valence-corrected chi connectivity index (χ4v) is 12.8. The number of hydrogen-bond acceptors (Lipinski definition) is 8. The number of nitrogens with zero attached hydrogens (tertiary/aromatic N) is 3. The lowest BCUT2D eigenvalue weighted by Gasteiger charge is -2.20. The third-order valence-corrected chi connectivity index (χ3v) is 17.7. The van der Waals surface area contributed by atoms with Crippen molar-refractivity contribution in [3.63, 3.8) is 0 Å². The molecule has 2 fully saturated rings. The number of benzene rings is 10. The molecule has 2 saturated carbocycles. The van der Waals surface area contributed by atoms with Crippen molar-refractivity contribution in [3.8, 4) is 44.5 Å².